The number of hydrogen-bond donors (Lipinski definition) is 0. The van der Waals surface area contributed by atoms with E-state index in [0.717, 1.165) is 55.7 Å². The summed E-state index contributed by atoms with van der Waals surface area (Å²) in [6.45, 7) is 13.9. The van der Waals surface area contributed by atoms with Crippen molar-refractivity contribution in [2.45, 2.75) is 52.4 Å². The van der Waals surface area contributed by atoms with Gasteiger partial charge in [0.05, 0.1) is 11.2 Å². The number of para-hydroxylation sites is 2. The Hall–Kier alpha value is -9.12. The molecule has 15 rings (SSSR count). The van der Waals surface area contributed by atoms with Gasteiger partial charge in [0.1, 0.15) is 11.2 Å². The third kappa shape index (κ3) is 7.12. The van der Waals surface area contributed by atoms with E-state index in [2.05, 4.69) is 288 Å². The Balaban J connectivity index is 1.16. The zero-order valence-electron chi connectivity index (χ0n) is 44.9. The zero-order valence-corrected chi connectivity index (χ0v) is 44.9. The molecule has 2 aliphatic rings. The van der Waals surface area contributed by atoms with Crippen LogP contribution in [0.3, 0.4) is 0 Å². The van der Waals surface area contributed by atoms with E-state index in [-0.39, 0.29) is 17.5 Å². The molecule has 2 aliphatic heterocycles. The first kappa shape index (κ1) is 46.2. The highest BCUT2D eigenvalue weighted by Crippen LogP contribution is 2.52. The number of benzene rings is 11. The highest BCUT2D eigenvalue weighted by atomic mass is 16.3. The van der Waals surface area contributed by atoms with E-state index < -0.39 is 0 Å². The Morgan fingerprint density at radius 2 is 0.910 bits per heavy atom. The van der Waals surface area contributed by atoms with Gasteiger partial charge in [0, 0.05) is 55.3 Å². The lowest BCUT2D eigenvalue weighted by atomic mass is 9.33. The van der Waals surface area contributed by atoms with Gasteiger partial charge in [-0.3, -0.25) is 0 Å². The van der Waals surface area contributed by atoms with Crippen LogP contribution in [0, 0.1) is 0 Å². The maximum atomic E-state index is 6.98. The van der Waals surface area contributed by atoms with Crippen LogP contribution in [0.1, 0.15) is 52.7 Å². The Labute approximate surface area is 456 Å². The second-order valence-corrected chi connectivity index (χ2v) is 23.7. The molecule has 3 nitrogen and oxygen atoms in total. The lowest BCUT2D eigenvalue weighted by Crippen LogP contribution is -2.61. The fourth-order valence-electron chi connectivity index (χ4n) is 13.0. The summed E-state index contributed by atoms with van der Waals surface area (Å²) >= 11 is 0. The largest absolute Gasteiger partial charge is 0.456 e. The maximum Gasteiger partial charge on any atom is 0.253 e. The van der Waals surface area contributed by atoms with Gasteiger partial charge in [0.25, 0.3) is 6.71 Å². The summed E-state index contributed by atoms with van der Waals surface area (Å²) in [5, 5.41) is 4.68. The quantitative estimate of drug-likeness (QED) is 0.155. The summed E-state index contributed by atoms with van der Waals surface area (Å²) in [5.74, 6) is 0. The molecule has 11 aromatic carbocycles. The summed E-state index contributed by atoms with van der Waals surface area (Å²) in [6, 6.07) is 88.6. The monoisotopic (exact) mass is 1000 g/mol. The molecule has 13 aromatic rings. The molecule has 0 aliphatic carbocycles. The van der Waals surface area contributed by atoms with Gasteiger partial charge in [-0.15, -0.1) is 0 Å². The molecule has 78 heavy (non-hydrogen) atoms. The minimum Gasteiger partial charge on any atom is -0.456 e. The van der Waals surface area contributed by atoms with Crippen molar-refractivity contribution in [3.05, 3.63) is 248 Å². The van der Waals surface area contributed by atoms with E-state index in [1.807, 2.05) is 0 Å². The summed E-state index contributed by atoms with van der Waals surface area (Å²) in [5.41, 5.74) is 26.9. The van der Waals surface area contributed by atoms with Crippen LogP contribution in [0.5, 0.6) is 0 Å². The standard InChI is InChI=1S/C74H57BN2O/c1-73(2,3)53-38-52(39-54(43-53)74(4,5)6)57-32-21-31-56(49-28-17-10-18-29-49)71(57)77-64-44-61-59-30-19-20-33-67(59)78-68(61)45-62(64)75-69-55(48-26-15-9-16-27-48)36-37-60-58-35-34-50(46-22-11-7-12-23-46)40-63(58)76(72(60)69)65-41-51(42-66(77)70(65)75)47-24-13-8-14-25-47/h7-45H,1-6H3. The molecular weight excluding hydrogens is 944 g/mol. The van der Waals surface area contributed by atoms with Crippen molar-refractivity contribution in [1.29, 1.82) is 0 Å². The highest BCUT2D eigenvalue weighted by Gasteiger charge is 2.45. The minimum atomic E-state index is -0.183. The van der Waals surface area contributed by atoms with Crippen molar-refractivity contribution in [1.82, 2.24) is 4.57 Å². The molecule has 0 fully saturated rings. The van der Waals surface area contributed by atoms with Crippen molar-refractivity contribution in [2.75, 3.05) is 4.90 Å². The number of rotatable bonds is 6. The smallest absolute Gasteiger partial charge is 0.253 e. The van der Waals surface area contributed by atoms with E-state index >= 15 is 0 Å². The van der Waals surface area contributed by atoms with Crippen LogP contribution in [0.25, 0.3) is 105 Å². The van der Waals surface area contributed by atoms with Gasteiger partial charge in [-0.2, -0.15) is 0 Å². The molecule has 4 heterocycles. The van der Waals surface area contributed by atoms with Crippen LogP contribution in [-0.2, 0) is 10.8 Å². The zero-order chi connectivity index (χ0) is 52.6. The molecule has 0 amide bonds. The average molecular weight is 1000 g/mol. The highest BCUT2D eigenvalue weighted by molar-refractivity contribution is 7.01. The number of aromatic nitrogens is 1. The second kappa shape index (κ2) is 17.2. The number of anilines is 3. The van der Waals surface area contributed by atoms with E-state index in [4.69, 9.17) is 4.42 Å². The number of furan rings is 1. The lowest BCUT2D eigenvalue weighted by molar-refractivity contribution is 0.569. The molecule has 0 saturated heterocycles. The van der Waals surface area contributed by atoms with Crippen molar-refractivity contribution >= 4 is 83.9 Å². The minimum absolute atomic E-state index is 0.0930. The molecule has 0 unspecified atom stereocenters. The van der Waals surface area contributed by atoms with Crippen LogP contribution in [0.2, 0.25) is 0 Å². The summed E-state index contributed by atoms with van der Waals surface area (Å²) in [4.78, 5) is 2.67. The van der Waals surface area contributed by atoms with E-state index in [1.54, 1.807) is 0 Å². The summed E-state index contributed by atoms with van der Waals surface area (Å²) < 4.78 is 9.61. The molecule has 0 radical (unpaired) electrons. The Morgan fingerprint density at radius 1 is 0.346 bits per heavy atom. The van der Waals surface area contributed by atoms with Crippen LogP contribution >= 0.6 is 0 Å². The normalized spacial score (nSPS) is 12.9. The van der Waals surface area contributed by atoms with Gasteiger partial charge < -0.3 is 13.9 Å². The summed E-state index contributed by atoms with van der Waals surface area (Å²) in [6.07, 6.45) is 0. The second-order valence-electron chi connectivity index (χ2n) is 23.7. The van der Waals surface area contributed by atoms with Crippen molar-refractivity contribution in [3.63, 3.8) is 0 Å². The molecule has 0 atom stereocenters. The van der Waals surface area contributed by atoms with Crippen molar-refractivity contribution < 1.29 is 4.42 Å². The molecule has 0 N–H and O–H groups in total. The fraction of sp³-hybridized carbons (Fsp3) is 0.108. The molecule has 4 heteroatoms. The van der Waals surface area contributed by atoms with E-state index in [1.165, 1.54) is 94.0 Å². The van der Waals surface area contributed by atoms with Gasteiger partial charge in [-0.25, -0.2) is 0 Å². The molecule has 0 bridgehead atoms. The first-order valence-corrected chi connectivity index (χ1v) is 27.5. The first-order chi connectivity index (χ1) is 38.0. The molecule has 0 spiro atoms. The van der Waals surface area contributed by atoms with Crippen molar-refractivity contribution in [3.8, 4) is 61.3 Å². The topological polar surface area (TPSA) is 21.3 Å². The first-order valence-electron chi connectivity index (χ1n) is 27.5. The van der Waals surface area contributed by atoms with Gasteiger partial charge in [-0.05, 0) is 119 Å². The maximum absolute atomic E-state index is 6.98. The Kier molecular flexibility index (Phi) is 10.2. The van der Waals surface area contributed by atoms with Gasteiger partial charge in [0.15, 0.2) is 0 Å². The van der Waals surface area contributed by atoms with Crippen LogP contribution in [-0.4, -0.2) is 11.3 Å². The van der Waals surface area contributed by atoms with E-state index in [9.17, 15) is 0 Å². The SMILES string of the molecule is CC(C)(C)c1cc(-c2cccc(-c3ccccc3)c2N2c3cc4c(cc3B3c5c2cc(-c2ccccc2)cc5-n2c5cc(-c6ccccc6)ccc5c5ccc(-c6ccccc6)c3c52)oc2ccccc24)cc(C(C)(C)C)c1. The number of hydrogen-bond acceptors (Lipinski definition) is 2. The predicted molar refractivity (Wildman–Crippen MR) is 332 cm³/mol. The van der Waals surface area contributed by atoms with Crippen LogP contribution in [0.4, 0.5) is 17.1 Å². The lowest BCUT2D eigenvalue weighted by Gasteiger charge is -2.42. The molecule has 372 valence electrons. The summed E-state index contributed by atoms with van der Waals surface area (Å²) in [7, 11) is 0. The Bertz CT molecular complexity index is 4520. The number of nitrogens with zero attached hydrogens (tertiary/aromatic N) is 2. The average Bonchev–Trinajstić information content (AvgIpc) is 3.89. The molecular formula is C74H57BN2O. The third-order valence-electron chi connectivity index (χ3n) is 16.9. The third-order valence-corrected chi connectivity index (χ3v) is 16.9. The van der Waals surface area contributed by atoms with Gasteiger partial charge >= 0.3 is 0 Å². The molecule has 0 saturated carbocycles. The van der Waals surface area contributed by atoms with Gasteiger partial charge in [0.2, 0.25) is 0 Å². The Morgan fingerprint density at radius 3 is 1.56 bits per heavy atom. The van der Waals surface area contributed by atoms with E-state index in [0.29, 0.717) is 0 Å². The van der Waals surface area contributed by atoms with Crippen molar-refractivity contribution in [2.24, 2.45) is 0 Å². The fourth-order valence-corrected chi connectivity index (χ4v) is 13.0. The van der Waals surface area contributed by atoms with Crippen LogP contribution in [0.15, 0.2) is 241 Å². The van der Waals surface area contributed by atoms with Gasteiger partial charge in [-0.1, -0.05) is 242 Å². The number of fused-ring (bicyclic) bond motifs is 10. The molecule has 2 aromatic heterocycles. The van der Waals surface area contributed by atoms with Crippen LogP contribution < -0.4 is 21.3 Å². The predicted octanol–water partition coefficient (Wildman–Crippen LogP) is 18.2.